The van der Waals surface area contributed by atoms with Crippen LogP contribution >= 0.6 is 15.9 Å². The molecule has 0 heterocycles. The van der Waals surface area contributed by atoms with Crippen LogP contribution in [0.4, 0.5) is 10.1 Å². The van der Waals surface area contributed by atoms with E-state index in [1.54, 1.807) is 19.1 Å². The van der Waals surface area contributed by atoms with Crippen molar-refractivity contribution < 1.29 is 13.9 Å². The second-order valence-electron chi connectivity index (χ2n) is 4.49. The highest BCUT2D eigenvalue weighted by atomic mass is 79.9. The van der Waals surface area contributed by atoms with Crippen molar-refractivity contribution in [1.29, 1.82) is 0 Å². The molecule has 0 fully saturated rings. The summed E-state index contributed by atoms with van der Waals surface area (Å²) in [5.74, 6) is -0.605. The SMILES string of the molecule is CCOc1ccc(NC(=O)c2cc(Br)ccc2C)cc1F. The van der Waals surface area contributed by atoms with Crippen LogP contribution in [-0.2, 0) is 0 Å². The first-order valence-corrected chi connectivity index (χ1v) is 7.30. The van der Waals surface area contributed by atoms with Gasteiger partial charge in [0, 0.05) is 21.8 Å². The number of hydrogen-bond acceptors (Lipinski definition) is 2. The fraction of sp³-hybridized carbons (Fsp3) is 0.188. The van der Waals surface area contributed by atoms with E-state index in [1.807, 2.05) is 19.1 Å². The zero-order chi connectivity index (χ0) is 15.4. The number of aryl methyl sites for hydroxylation is 1. The van der Waals surface area contributed by atoms with Gasteiger partial charge in [-0.1, -0.05) is 22.0 Å². The van der Waals surface area contributed by atoms with E-state index in [0.29, 0.717) is 17.9 Å². The zero-order valence-electron chi connectivity index (χ0n) is 11.7. The Labute approximate surface area is 131 Å². The minimum Gasteiger partial charge on any atom is -0.491 e. The number of anilines is 1. The molecule has 0 bridgehead atoms. The normalized spacial score (nSPS) is 10.3. The van der Waals surface area contributed by atoms with Crippen molar-refractivity contribution in [2.24, 2.45) is 0 Å². The standard InChI is InChI=1S/C16H15BrFNO2/c1-3-21-15-7-6-12(9-14(15)18)19-16(20)13-8-11(17)5-4-10(13)2/h4-9H,3H2,1-2H3,(H,19,20). The Morgan fingerprint density at radius 1 is 1.29 bits per heavy atom. The van der Waals surface area contributed by atoms with Crippen molar-refractivity contribution in [1.82, 2.24) is 0 Å². The van der Waals surface area contributed by atoms with Crippen LogP contribution in [0.3, 0.4) is 0 Å². The number of ether oxygens (including phenoxy) is 1. The third-order valence-corrected chi connectivity index (χ3v) is 3.43. The molecular weight excluding hydrogens is 337 g/mol. The van der Waals surface area contributed by atoms with E-state index >= 15 is 0 Å². The van der Waals surface area contributed by atoms with Gasteiger partial charge in [0.05, 0.1) is 6.61 Å². The molecule has 0 saturated heterocycles. The third-order valence-electron chi connectivity index (χ3n) is 2.93. The molecule has 0 unspecified atom stereocenters. The van der Waals surface area contributed by atoms with Gasteiger partial charge in [-0.15, -0.1) is 0 Å². The van der Waals surface area contributed by atoms with Crippen LogP contribution in [-0.4, -0.2) is 12.5 Å². The highest BCUT2D eigenvalue weighted by molar-refractivity contribution is 9.10. The molecule has 1 N–H and O–H groups in total. The Morgan fingerprint density at radius 3 is 2.71 bits per heavy atom. The maximum Gasteiger partial charge on any atom is 0.255 e. The van der Waals surface area contributed by atoms with Gasteiger partial charge in [0.15, 0.2) is 11.6 Å². The van der Waals surface area contributed by atoms with Gasteiger partial charge in [0.1, 0.15) is 0 Å². The maximum absolute atomic E-state index is 13.7. The van der Waals surface area contributed by atoms with Crippen molar-refractivity contribution in [2.45, 2.75) is 13.8 Å². The Kier molecular flexibility index (Phi) is 4.96. The molecule has 0 aliphatic rings. The van der Waals surface area contributed by atoms with Gasteiger partial charge in [-0.2, -0.15) is 0 Å². The van der Waals surface area contributed by atoms with Crippen LogP contribution in [0.1, 0.15) is 22.8 Å². The molecule has 2 aromatic carbocycles. The molecule has 0 radical (unpaired) electrons. The predicted molar refractivity (Wildman–Crippen MR) is 84.4 cm³/mol. The number of carbonyl (C=O) groups excluding carboxylic acids is 1. The molecule has 0 saturated carbocycles. The first-order valence-electron chi connectivity index (χ1n) is 6.51. The lowest BCUT2D eigenvalue weighted by molar-refractivity contribution is 0.102. The second kappa shape index (κ2) is 6.72. The van der Waals surface area contributed by atoms with E-state index in [0.717, 1.165) is 10.0 Å². The molecule has 0 aliphatic heterocycles. The van der Waals surface area contributed by atoms with Crippen molar-refractivity contribution in [2.75, 3.05) is 11.9 Å². The lowest BCUT2D eigenvalue weighted by atomic mass is 10.1. The first-order chi connectivity index (χ1) is 10.0. The van der Waals surface area contributed by atoms with Crippen LogP contribution in [0.2, 0.25) is 0 Å². The smallest absolute Gasteiger partial charge is 0.255 e. The summed E-state index contributed by atoms with van der Waals surface area (Å²) in [7, 11) is 0. The van der Waals surface area contributed by atoms with Gasteiger partial charge in [-0.05, 0) is 43.7 Å². The Morgan fingerprint density at radius 2 is 2.05 bits per heavy atom. The summed E-state index contributed by atoms with van der Waals surface area (Å²) in [5, 5.41) is 2.68. The predicted octanol–water partition coefficient (Wildman–Crippen LogP) is 4.55. The molecule has 110 valence electrons. The number of hydrogen-bond donors (Lipinski definition) is 1. The van der Waals surface area contributed by atoms with E-state index in [4.69, 9.17) is 4.74 Å². The van der Waals surface area contributed by atoms with Crippen molar-refractivity contribution in [3.63, 3.8) is 0 Å². The van der Waals surface area contributed by atoms with E-state index in [9.17, 15) is 9.18 Å². The zero-order valence-corrected chi connectivity index (χ0v) is 13.3. The van der Waals surface area contributed by atoms with Crippen LogP contribution in [0.5, 0.6) is 5.75 Å². The van der Waals surface area contributed by atoms with Crippen LogP contribution < -0.4 is 10.1 Å². The largest absolute Gasteiger partial charge is 0.491 e. The summed E-state index contributed by atoms with van der Waals surface area (Å²) in [6.07, 6.45) is 0. The summed E-state index contributed by atoms with van der Waals surface area (Å²) >= 11 is 3.33. The Bertz CT molecular complexity index is 673. The minimum absolute atomic E-state index is 0.175. The molecule has 0 spiro atoms. The topological polar surface area (TPSA) is 38.3 Å². The van der Waals surface area contributed by atoms with Gasteiger partial charge in [-0.3, -0.25) is 4.79 Å². The van der Waals surface area contributed by atoms with Crippen LogP contribution in [0.15, 0.2) is 40.9 Å². The summed E-state index contributed by atoms with van der Waals surface area (Å²) < 4.78 is 19.7. The lowest BCUT2D eigenvalue weighted by Gasteiger charge is -2.10. The molecule has 2 rings (SSSR count). The number of amides is 1. The number of carbonyl (C=O) groups is 1. The highest BCUT2D eigenvalue weighted by Crippen LogP contribution is 2.22. The molecule has 0 atom stereocenters. The van der Waals surface area contributed by atoms with E-state index in [-0.39, 0.29) is 11.7 Å². The molecule has 0 aliphatic carbocycles. The van der Waals surface area contributed by atoms with Crippen molar-refractivity contribution in [3.05, 3.63) is 57.8 Å². The maximum atomic E-state index is 13.7. The molecule has 3 nitrogen and oxygen atoms in total. The first kappa shape index (κ1) is 15.5. The van der Waals surface area contributed by atoms with Gasteiger partial charge in [-0.25, -0.2) is 4.39 Å². The average Bonchev–Trinajstić information content (AvgIpc) is 2.44. The average molecular weight is 352 g/mol. The van der Waals surface area contributed by atoms with Gasteiger partial charge in [0.2, 0.25) is 0 Å². The molecule has 0 aromatic heterocycles. The Hall–Kier alpha value is -1.88. The number of benzene rings is 2. The van der Waals surface area contributed by atoms with Crippen LogP contribution in [0.25, 0.3) is 0 Å². The summed E-state index contributed by atoms with van der Waals surface area (Å²) in [6, 6.07) is 9.80. The van der Waals surface area contributed by atoms with Crippen LogP contribution in [0, 0.1) is 12.7 Å². The van der Waals surface area contributed by atoms with E-state index in [2.05, 4.69) is 21.2 Å². The van der Waals surface area contributed by atoms with Crippen molar-refractivity contribution >= 4 is 27.5 Å². The fourth-order valence-electron chi connectivity index (χ4n) is 1.89. The van der Waals surface area contributed by atoms with Gasteiger partial charge < -0.3 is 10.1 Å². The molecule has 5 heteroatoms. The van der Waals surface area contributed by atoms with E-state index < -0.39 is 5.82 Å². The minimum atomic E-state index is -0.499. The van der Waals surface area contributed by atoms with Gasteiger partial charge in [0.25, 0.3) is 5.91 Å². The molecule has 1 amide bonds. The summed E-state index contributed by atoms with van der Waals surface area (Å²) in [4.78, 5) is 12.2. The number of rotatable bonds is 4. The monoisotopic (exact) mass is 351 g/mol. The summed E-state index contributed by atoms with van der Waals surface area (Å²) in [6.45, 7) is 4.02. The second-order valence-corrected chi connectivity index (χ2v) is 5.41. The molecule has 21 heavy (non-hydrogen) atoms. The quantitative estimate of drug-likeness (QED) is 0.877. The fourth-order valence-corrected chi connectivity index (χ4v) is 2.25. The summed E-state index contributed by atoms with van der Waals surface area (Å²) in [5.41, 5.74) is 1.78. The highest BCUT2D eigenvalue weighted by Gasteiger charge is 2.11. The Balaban J connectivity index is 2.19. The number of nitrogens with one attached hydrogen (secondary N) is 1. The van der Waals surface area contributed by atoms with Gasteiger partial charge >= 0.3 is 0 Å². The lowest BCUT2D eigenvalue weighted by Crippen LogP contribution is -2.13. The van der Waals surface area contributed by atoms with Crippen molar-refractivity contribution in [3.8, 4) is 5.75 Å². The third kappa shape index (κ3) is 3.82. The van der Waals surface area contributed by atoms with E-state index in [1.165, 1.54) is 12.1 Å². The molecule has 2 aromatic rings. The molecular formula is C16H15BrFNO2. The number of halogens is 2.